The van der Waals surface area contributed by atoms with Gasteiger partial charge in [-0.05, 0) is 35.9 Å². The van der Waals surface area contributed by atoms with E-state index in [4.69, 9.17) is 0 Å². The third-order valence-corrected chi connectivity index (χ3v) is 2.77. The van der Waals surface area contributed by atoms with Gasteiger partial charge in [-0.2, -0.15) is 0 Å². The fourth-order valence-electron chi connectivity index (χ4n) is 1.69. The molecule has 0 N–H and O–H groups in total. The highest BCUT2D eigenvalue weighted by Crippen LogP contribution is 2.14. The van der Waals surface area contributed by atoms with Crippen LogP contribution in [0, 0.1) is 0 Å². The Morgan fingerprint density at radius 1 is 0.947 bits per heavy atom. The molecule has 0 atom stereocenters. The van der Waals surface area contributed by atoms with Crippen molar-refractivity contribution in [2.24, 2.45) is 0 Å². The Balaban J connectivity index is 2.15. The summed E-state index contributed by atoms with van der Waals surface area (Å²) >= 11 is 0. The van der Waals surface area contributed by atoms with Crippen molar-refractivity contribution in [1.82, 2.24) is 4.98 Å². The summed E-state index contributed by atoms with van der Waals surface area (Å²) in [5.41, 5.74) is 3.49. The van der Waals surface area contributed by atoms with E-state index >= 15 is 0 Å². The largest absolute Gasteiger partial charge is 0.378 e. The van der Waals surface area contributed by atoms with E-state index in [0.29, 0.717) is 5.69 Å². The zero-order valence-electron chi connectivity index (χ0n) is 11.1. The van der Waals surface area contributed by atoms with Gasteiger partial charge in [0, 0.05) is 19.8 Å². The fourth-order valence-corrected chi connectivity index (χ4v) is 1.69. The average molecular weight is 252 g/mol. The summed E-state index contributed by atoms with van der Waals surface area (Å²) < 4.78 is 0. The number of aromatic nitrogens is 1. The lowest BCUT2D eigenvalue weighted by molar-refractivity contribution is 0.111. The van der Waals surface area contributed by atoms with Gasteiger partial charge in [-0.1, -0.05) is 24.3 Å². The van der Waals surface area contributed by atoms with Crippen LogP contribution in [0.15, 0.2) is 42.5 Å². The van der Waals surface area contributed by atoms with Crippen LogP contribution in [0.3, 0.4) is 0 Å². The smallest absolute Gasteiger partial charge is 0.168 e. The van der Waals surface area contributed by atoms with E-state index in [9.17, 15) is 4.79 Å². The number of rotatable bonds is 4. The molecule has 0 unspecified atom stereocenters. The molecule has 2 aromatic rings. The molecule has 3 heteroatoms. The number of hydrogen-bond acceptors (Lipinski definition) is 3. The van der Waals surface area contributed by atoms with E-state index in [1.54, 1.807) is 6.07 Å². The Morgan fingerprint density at radius 3 is 2.26 bits per heavy atom. The maximum Gasteiger partial charge on any atom is 0.168 e. The van der Waals surface area contributed by atoms with Gasteiger partial charge in [0.1, 0.15) is 5.69 Å². The molecule has 0 aliphatic carbocycles. The number of hydrogen-bond donors (Lipinski definition) is 0. The van der Waals surface area contributed by atoms with Crippen LogP contribution < -0.4 is 4.90 Å². The Bertz CT molecular complexity index is 586. The van der Waals surface area contributed by atoms with Gasteiger partial charge in [0.15, 0.2) is 6.29 Å². The summed E-state index contributed by atoms with van der Waals surface area (Å²) in [5, 5.41) is 0. The molecular weight excluding hydrogens is 236 g/mol. The SMILES string of the molecule is CN(C)c1ccc(C=Cc2cccc(C=O)n2)cc1. The first-order chi connectivity index (χ1) is 9.19. The summed E-state index contributed by atoms with van der Waals surface area (Å²) in [7, 11) is 4.03. The molecule has 0 amide bonds. The predicted octanol–water partition coefficient (Wildman–Crippen LogP) is 3.13. The monoisotopic (exact) mass is 252 g/mol. The van der Waals surface area contributed by atoms with Crippen molar-refractivity contribution in [3.05, 3.63) is 59.4 Å². The summed E-state index contributed by atoms with van der Waals surface area (Å²) in [6, 6.07) is 13.6. The van der Waals surface area contributed by atoms with Crippen LogP contribution in [0.4, 0.5) is 5.69 Å². The van der Waals surface area contributed by atoms with E-state index < -0.39 is 0 Å². The Hall–Kier alpha value is -2.42. The first-order valence-corrected chi connectivity index (χ1v) is 6.07. The van der Waals surface area contributed by atoms with Crippen LogP contribution in [-0.2, 0) is 0 Å². The standard InChI is InChI=1S/C16H16N2O/c1-18(2)16-10-7-13(8-11-16)6-9-14-4-3-5-15(12-19)17-14/h3-12H,1-2H3. The highest BCUT2D eigenvalue weighted by Gasteiger charge is 1.95. The van der Waals surface area contributed by atoms with Crippen molar-refractivity contribution in [3.63, 3.8) is 0 Å². The highest BCUT2D eigenvalue weighted by molar-refractivity contribution is 5.74. The second kappa shape index (κ2) is 5.96. The van der Waals surface area contributed by atoms with Crippen LogP contribution >= 0.6 is 0 Å². The molecular formula is C16H16N2O. The van der Waals surface area contributed by atoms with E-state index in [1.807, 2.05) is 38.4 Å². The Kier molecular flexibility index (Phi) is 4.08. The lowest BCUT2D eigenvalue weighted by Crippen LogP contribution is -2.07. The lowest BCUT2D eigenvalue weighted by Gasteiger charge is -2.11. The molecule has 0 aliphatic rings. The second-order valence-corrected chi connectivity index (χ2v) is 4.42. The summed E-state index contributed by atoms with van der Waals surface area (Å²) in [4.78, 5) is 16.9. The van der Waals surface area contributed by atoms with E-state index in [0.717, 1.165) is 17.5 Å². The minimum atomic E-state index is 0.449. The molecule has 0 fully saturated rings. The number of carbonyl (C=O) groups excluding carboxylic acids is 1. The zero-order valence-corrected chi connectivity index (χ0v) is 11.1. The van der Waals surface area contributed by atoms with Crippen molar-refractivity contribution in [2.75, 3.05) is 19.0 Å². The lowest BCUT2D eigenvalue weighted by atomic mass is 10.1. The van der Waals surface area contributed by atoms with Crippen molar-refractivity contribution in [2.45, 2.75) is 0 Å². The molecule has 0 saturated carbocycles. The van der Waals surface area contributed by atoms with E-state index in [2.05, 4.69) is 34.1 Å². The molecule has 0 spiro atoms. The number of nitrogens with zero attached hydrogens (tertiary/aromatic N) is 2. The van der Waals surface area contributed by atoms with Crippen LogP contribution in [0.25, 0.3) is 12.2 Å². The van der Waals surface area contributed by atoms with Gasteiger partial charge in [-0.3, -0.25) is 4.79 Å². The molecule has 1 heterocycles. The first kappa shape index (κ1) is 13.0. The third-order valence-electron chi connectivity index (χ3n) is 2.77. The second-order valence-electron chi connectivity index (χ2n) is 4.42. The predicted molar refractivity (Wildman–Crippen MR) is 79.3 cm³/mol. The number of anilines is 1. The maximum atomic E-state index is 10.6. The number of carbonyl (C=O) groups is 1. The van der Waals surface area contributed by atoms with Crippen LogP contribution in [0.5, 0.6) is 0 Å². The number of pyridine rings is 1. The van der Waals surface area contributed by atoms with Crippen molar-refractivity contribution in [1.29, 1.82) is 0 Å². The Labute approximate surface area is 113 Å². The van der Waals surface area contributed by atoms with Crippen molar-refractivity contribution < 1.29 is 4.79 Å². The van der Waals surface area contributed by atoms with E-state index in [1.165, 1.54) is 5.69 Å². The van der Waals surface area contributed by atoms with Gasteiger partial charge >= 0.3 is 0 Å². The molecule has 0 radical (unpaired) electrons. The van der Waals surface area contributed by atoms with Gasteiger partial charge in [0.2, 0.25) is 0 Å². The Morgan fingerprint density at radius 2 is 1.63 bits per heavy atom. The number of benzene rings is 1. The summed E-state index contributed by atoms with van der Waals surface area (Å²) in [5.74, 6) is 0. The molecule has 96 valence electrons. The molecule has 0 bridgehead atoms. The van der Waals surface area contributed by atoms with Gasteiger partial charge in [0.05, 0.1) is 5.69 Å². The quantitative estimate of drug-likeness (QED) is 0.784. The molecule has 1 aromatic heterocycles. The molecule has 2 rings (SSSR count). The van der Waals surface area contributed by atoms with Gasteiger partial charge in [0.25, 0.3) is 0 Å². The van der Waals surface area contributed by atoms with Gasteiger partial charge < -0.3 is 4.90 Å². The summed E-state index contributed by atoms with van der Waals surface area (Å²) in [6.45, 7) is 0. The number of aldehydes is 1. The fraction of sp³-hybridized carbons (Fsp3) is 0.125. The first-order valence-electron chi connectivity index (χ1n) is 6.07. The van der Waals surface area contributed by atoms with Crippen LogP contribution in [0.2, 0.25) is 0 Å². The highest BCUT2D eigenvalue weighted by atomic mass is 16.1. The molecule has 19 heavy (non-hydrogen) atoms. The molecule has 3 nitrogen and oxygen atoms in total. The van der Waals surface area contributed by atoms with Crippen LogP contribution in [0.1, 0.15) is 21.7 Å². The van der Waals surface area contributed by atoms with Crippen molar-refractivity contribution in [3.8, 4) is 0 Å². The minimum Gasteiger partial charge on any atom is -0.378 e. The topological polar surface area (TPSA) is 33.2 Å². The van der Waals surface area contributed by atoms with Gasteiger partial charge in [-0.25, -0.2) is 4.98 Å². The van der Waals surface area contributed by atoms with E-state index in [-0.39, 0.29) is 0 Å². The normalized spacial score (nSPS) is 10.6. The molecule has 1 aromatic carbocycles. The minimum absolute atomic E-state index is 0.449. The van der Waals surface area contributed by atoms with Crippen LogP contribution in [-0.4, -0.2) is 25.4 Å². The van der Waals surface area contributed by atoms with Gasteiger partial charge in [-0.15, -0.1) is 0 Å². The summed E-state index contributed by atoms with van der Waals surface area (Å²) in [6.07, 6.45) is 4.64. The zero-order chi connectivity index (χ0) is 13.7. The van der Waals surface area contributed by atoms with Crippen molar-refractivity contribution >= 4 is 24.1 Å². The molecule has 0 aliphatic heterocycles. The molecule has 0 saturated heterocycles. The average Bonchev–Trinajstić information content (AvgIpc) is 2.46. The third kappa shape index (κ3) is 3.52. The maximum absolute atomic E-state index is 10.6.